The SMILES string of the molecule is CCOC(=O)N1CCC(Nc2nccc(NCCC(C)C)n2)CC1. The van der Waals surface area contributed by atoms with Crippen LogP contribution in [0.3, 0.4) is 0 Å². The van der Waals surface area contributed by atoms with Gasteiger partial charge in [-0.2, -0.15) is 4.98 Å². The maximum absolute atomic E-state index is 11.7. The molecule has 24 heavy (non-hydrogen) atoms. The van der Waals surface area contributed by atoms with Crippen molar-refractivity contribution in [1.29, 1.82) is 0 Å². The standard InChI is InChI=1S/C17H29N5O2/c1-4-24-17(23)22-11-7-14(8-12-22)20-16-19-10-6-15(21-16)18-9-5-13(2)3/h6,10,13-14H,4-5,7-9,11-12H2,1-3H3,(H2,18,19,20,21). The van der Waals surface area contributed by atoms with Crippen molar-refractivity contribution < 1.29 is 9.53 Å². The van der Waals surface area contributed by atoms with Gasteiger partial charge in [0.25, 0.3) is 0 Å². The number of nitrogens with one attached hydrogen (secondary N) is 2. The van der Waals surface area contributed by atoms with Crippen LogP contribution < -0.4 is 10.6 Å². The van der Waals surface area contributed by atoms with E-state index < -0.39 is 0 Å². The molecular formula is C17H29N5O2. The molecular weight excluding hydrogens is 306 g/mol. The number of carbonyl (C=O) groups is 1. The summed E-state index contributed by atoms with van der Waals surface area (Å²) >= 11 is 0. The van der Waals surface area contributed by atoms with Crippen molar-refractivity contribution in [2.24, 2.45) is 5.92 Å². The van der Waals surface area contributed by atoms with Gasteiger partial charge in [-0.25, -0.2) is 9.78 Å². The van der Waals surface area contributed by atoms with Gasteiger partial charge in [-0.15, -0.1) is 0 Å². The molecule has 7 heteroatoms. The lowest BCUT2D eigenvalue weighted by molar-refractivity contribution is 0.0983. The number of anilines is 2. The zero-order valence-electron chi connectivity index (χ0n) is 14.9. The van der Waals surface area contributed by atoms with Gasteiger partial charge in [0.15, 0.2) is 0 Å². The van der Waals surface area contributed by atoms with Crippen LogP contribution >= 0.6 is 0 Å². The second kappa shape index (κ2) is 9.30. The summed E-state index contributed by atoms with van der Waals surface area (Å²) < 4.78 is 5.04. The van der Waals surface area contributed by atoms with Crippen LogP contribution in [0.5, 0.6) is 0 Å². The number of ether oxygens (including phenoxy) is 1. The Labute approximate surface area is 144 Å². The molecule has 1 aliphatic heterocycles. The molecule has 0 atom stereocenters. The Morgan fingerprint density at radius 1 is 1.42 bits per heavy atom. The number of rotatable bonds is 7. The topological polar surface area (TPSA) is 79.4 Å². The van der Waals surface area contributed by atoms with Gasteiger partial charge in [0.05, 0.1) is 6.61 Å². The van der Waals surface area contributed by atoms with E-state index in [4.69, 9.17) is 4.74 Å². The molecule has 1 aromatic rings. The Morgan fingerprint density at radius 2 is 2.17 bits per heavy atom. The van der Waals surface area contributed by atoms with Gasteiger partial charge in [-0.3, -0.25) is 0 Å². The maximum Gasteiger partial charge on any atom is 0.409 e. The number of nitrogens with zero attached hydrogens (tertiary/aromatic N) is 3. The molecule has 1 fully saturated rings. The third kappa shape index (κ3) is 5.86. The summed E-state index contributed by atoms with van der Waals surface area (Å²) in [7, 11) is 0. The smallest absolute Gasteiger partial charge is 0.409 e. The summed E-state index contributed by atoms with van der Waals surface area (Å²) in [5.41, 5.74) is 0. The van der Waals surface area contributed by atoms with Crippen LogP contribution in [-0.4, -0.2) is 53.2 Å². The fourth-order valence-electron chi connectivity index (χ4n) is 2.62. The van der Waals surface area contributed by atoms with Gasteiger partial charge in [-0.1, -0.05) is 13.8 Å². The van der Waals surface area contributed by atoms with Gasteiger partial charge in [0, 0.05) is 31.9 Å². The normalized spacial score (nSPS) is 15.4. The summed E-state index contributed by atoms with van der Waals surface area (Å²) in [4.78, 5) is 22.3. The quantitative estimate of drug-likeness (QED) is 0.797. The van der Waals surface area contributed by atoms with Gasteiger partial charge < -0.3 is 20.3 Å². The fourth-order valence-corrected chi connectivity index (χ4v) is 2.62. The molecule has 2 heterocycles. The molecule has 1 aromatic heterocycles. The first-order valence-electron chi connectivity index (χ1n) is 8.83. The largest absolute Gasteiger partial charge is 0.450 e. The third-order valence-corrected chi connectivity index (χ3v) is 4.04. The zero-order valence-corrected chi connectivity index (χ0v) is 14.9. The highest BCUT2D eigenvalue weighted by Crippen LogP contribution is 2.16. The Kier molecular flexibility index (Phi) is 7.08. The molecule has 1 aliphatic rings. The molecule has 0 aromatic carbocycles. The van der Waals surface area contributed by atoms with E-state index in [1.54, 1.807) is 11.1 Å². The molecule has 0 spiro atoms. The molecule has 7 nitrogen and oxygen atoms in total. The molecule has 1 saturated heterocycles. The monoisotopic (exact) mass is 335 g/mol. The third-order valence-electron chi connectivity index (χ3n) is 4.04. The lowest BCUT2D eigenvalue weighted by Gasteiger charge is -2.31. The van der Waals surface area contributed by atoms with Crippen LogP contribution in [0.4, 0.5) is 16.6 Å². The second-order valence-electron chi connectivity index (χ2n) is 6.48. The first kappa shape index (κ1) is 18.3. The van der Waals surface area contributed by atoms with Crippen LogP contribution in [-0.2, 0) is 4.74 Å². The van der Waals surface area contributed by atoms with Gasteiger partial charge in [-0.05, 0) is 38.2 Å². The van der Waals surface area contributed by atoms with Crippen molar-refractivity contribution >= 4 is 17.9 Å². The fraction of sp³-hybridized carbons (Fsp3) is 0.706. The lowest BCUT2D eigenvalue weighted by Crippen LogP contribution is -2.42. The Morgan fingerprint density at radius 3 is 2.83 bits per heavy atom. The molecule has 0 aliphatic carbocycles. The zero-order chi connectivity index (χ0) is 17.4. The van der Waals surface area contributed by atoms with E-state index in [0.29, 0.717) is 31.6 Å². The maximum atomic E-state index is 11.7. The predicted octanol–water partition coefficient (Wildman–Crippen LogP) is 2.97. The number of carbonyl (C=O) groups excluding carboxylic acids is 1. The minimum atomic E-state index is -0.219. The van der Waals surface area contributed by atoms with E-state index in [9.17, 15) is 4.79 Å². The summed E-state index contributed by atoms with van der Waals surface area (Å²) in [5, 5.41) is 6.70. The van der Waals surface area contributed by atoms with Crippen molar-refractivity contribution in [2.45, 2.75) is 46.1 Å². The number of amides is 1. The van der Waals surface area contributed by atoms with E-state index in [0.717, 1.165) is 31.6 Å². The van der Waals surface area contributed by atoms with Crippen molar-refractivity contribution in [1.82, 2.24) is 14.9 Å². The molecule has 2 rings (SSSR count). The van der Waals surface area contributed by atoms with Gasteiger partial charge in [0.1, 0.15) is 5.82 Å². The second-order valence-corrected chi connectivity index (χ2v) is 6.48. The molecule has 0 bridgehead atoms. The molecule has 0 unspecified atom stereocenters. The highest BCUT2D eigenvalue weighted by atomic mass is 16.6. The van der Waals surface area contributed by atoms with E-state index in [1.807, 2.05) is 13.0 Å². The number of hydrogen-bond acceptors (Lipinski definition) is 6. The van der Waals surface area contributed by atoms with Crippen molar-refractivity contribution in [3.63, 3.8) is 0 Å². The first-order valence-corrected chi connectivity index (χ1v) is 8.83. The summed E-state index contributed by atoms with van der Waals surface area (Å²) in [6.07, 6.45) is 4.39. The molecule has 2 N–H and O–H groups in total. The van der Waals surface area contributed by atoms with E-state index in [2.05, 4.69) is 34.4 Å². The molecule has 0 saturated carbocycles. The van der Waals surface area contributed by atoms with E-state index >= 15 is 0 Å². The Bertz CT molecular complexity index is 515. The Balaban J connectivity index is 1.79. The number of hydrogen-bond donors (Lipinski definition) is 2. The highest BCUT2D eigenvalue weighted by molar-refractivity contribution is 5.67. The average molecular weight is 335 g/mol. The minimum absolute atomic E-state index is 0.219. The van der Waals surface area contributed by atoms with Crippen LogP contribution in [0.25, 0.3) is 0 Å². The van der Waals surface area contributed by atoms with Crippen LogP contribution in [0.15, 0.2) is 12.3 Å². The van der Waals surface area contributed by atoms with E-state index in [1.165, 1.54) is 0 Å². The number of likely N-dealkylation sites (tertiary alicyclic amines) is 1. The van der Waals surface area contributed by atoms with Crippen LogP contribution in [0, 0.1) is 5.92 Å². The van der Waals surface area contributed by atoms with Gasteiger partial charge in [0.2, 0.25) is 5.95 Å². The number of piperidine rings is 1. The predicted molar refractivity (Wildman–Crippen MR) is 95.2 cm³/mol. The van der Waals surface area contributed by atoms with Crippen LogP contribution in [0.1, 0.15) is 40.0 Å². The van der Waals surface area contributed by atoms with Gasteiger partial charge >= 0.3 is 6.09 Å². The van der Waals surface area contributed by atoms with Crippen molar-refractivity contribution in [3.05, 3.63) is 12.3 Å². The van der Waals surface area contributed by atoms with Crippen molar-refractivity contribution in [2.75, 3.05) is 36.9 Å². The molecule has 1 amide bonds. The average Bonchev–Trinajstić information content (AvgIpc) is 2.56. The molecule has 134 valence electrons. The summed E-state index contributed by atoms with van der Waals surface area (Å²) in [6, 6.07) is 2.16. The summed E-state index contributed by atoms with van der Waals surface area (Å²) in [5.74, 6) is 2.15. The highest BCUT2D eigenvalue weighted by Gasteiger charge is 2.23. The lowest BCUT2D eigenvalue weighted by atomic mass is 10.1. The van der Waals surface area contributed by atoms with Crippen molar-refractivity contribution in [3.8, 4) is 0 Å². The van der Waals surface area contributed by atoms with E-state index in [-0.39, 0.29) is 12.1 Å². The molecule has 0 radical (unpaired) electrons. The minimum Gasteiger partial charge on any atom is -0.450 e. The Hall–Kier alpha value is -2.05. The van der Waals surface area contributed by atoms with Crippen LogP contribution in [0.2, 0.25) is 0 Å². The number of aromatic nitrogens is 2. The summed E-state index contributed by atoms with van der Waals surface area (Å²) in [6.45, 7) is 8.96. The first-order chi connectivity index (χ1) is 11.6.